The van der Waals surface area contributed by atoms with Crippen LogP contribution in [0.3, 0.4) is 0 Å². The van der Waals surface area contributed by atoms with Crippen molar-refractivity contribution in [2.24, 2.45) is 0 Å². The number of aromatic hydroxyl groups is 1. The van der Waals surface area contributed by atoms with Crippen molar-refractivity contribution in [2.75, 3.05) is 17.6 Å². The van der Waals surface area contributed by atoms with Crippen molar-refractivity contribution < 1.29 is 19.1 Å². The SMILES string of the molecule is CC(=O)Nc1cccc(-c2ccc3nc(-c4cccnc4N)n(-c4ccc(CNCCc5ccc(C=O)c(O)c5F)cc4)c3n2)c1. The minimum absolute atomic E-state index is 0.0723. The van der Waals surface area contributed by atoms with E-state index < -0.39 is 11.6 Å². The first kappa shape index (κ1) is 30.1. The Hall–Kier alpha value is -5.94. The van der Waals surface area contributed by atoms with Crippen LogP contribution in [-0.4, -0.2) is 43.4 Å². The van der Waals surface area contributed by atoms with Gasteiger partial charge in [0.15, 0.2) is 29.3 Å². The molecule has 5 N–H and O–H groups in total. The Kier molecular flexibility index (Phi) is 8.48. The molecular formula is C35H30FN7O3. The molecule has 0 saturated heterocycles. The summed E-state index contributed by atoms with van der Waals surface area (Å²) in [5.41, 5.74) is 12.5. The second kappa shape index (κ2) is 13.0. The summed E-state index contributed by atoms with van der Waals surface area (Å²) < 4.78 is 16.3. The molecule has 0 radical (unpaired) electrons. The van der Waals surface area contributed by atoms with Gasteiger partial charge in [-0.15, -0.1) is 0 Å². The van der Waals surface area contributed by atoms with Gasteiger partial charge in [-0.2, -0.15) is 0 Å². The minimum atomic E-state index is -0.773. The van der Waals surface area contributed by atoms with Crippen LogP contribution in [0.4, 0.5) is 15.9 Å². The van der Waals surface area contributed by atoms with Crippen LogP contribution < -0.4 is 16.4 Å². The number of anilines is 2. The van der Waals surface area contributed by atoms with Crippen molar-refractivity contribution in [2.45, 2.75) is 19.9 Å². The molecule has 6 rings (SSSR count). The second-order valence-electron chi connectivity index (χ2n) is 10.7. The summed E-state index contributed by atoms with van der Waals surface area (Å²) in [6, 6.07) is 25.8. The molecule has 230 valence electrons. The molecule has 0 fully saturated rings. The number of aldehydes is 1. The topological polar surface area (TPSA) is 148 Å². The van der Waals surface area contributed by atoms with E-state index in [0.717, 1.165) is 16.8 Å². The van der Waals surface area contributed by atoms with Gasteiger partial charge in [0.05, 0.1) is 16.8 Å². The monoisotopic (exact) mass is 615 g/mol. The Labute approximate surface area is 263 Å². The average Bonchev–Trinajstić information content (AvgIpc) is 3.44. The van der Waals surface area contributed by atoms with Gasteiger partial charge in [0, 0.05) is 36.6 Å². The molecule has 11 heteroatoms. The number of phenolic OH excluding ortho intramolecular Hbond substituents is 1. The van der Waals surface area contributed by atoms with Gasteiger partial charge in [0.1, 0.15) is 11.3 Å². The summed E-state index contributed by atoms with van der Waals surface area (Å²) in [6.45, 7) is 2.46. The van der Waals surface area contributed by atoms with E-state index in [1.165, 1.54) is 19.1 Å². The van der Waals surface area contributed by atoms with Gasteiger partial charge >= 0.3 is 0 Å². The third-order valence-electron chi connectivity index (χ3n) is 7.51. The molecular weight excluding hydrogens is 585 g/mol. The number of fused-ring (bicyclic) bond motifs is 1. The van der Waals surface area contributed by atoms with Crippen LogP contribution in [0, 0.1) is 5.82 Å². The average molecular weight is 616 g/mol. The third kappa shape index (κ3) is 6.17. The van der Waals surface area contributed by atoms with Crippen LogP contribution in [-0.2, 0) is 17.8 Å². The zero-order chi connectivity index (χ0) is 32.2. The summed E-state index contributed by atoms with van der Waals surface area (Å²) >= 11 is 0. The number of phenols is 1. The van der Waals surface area contributed by atoms with E-state index >= 15 is 0 Å². The van der Waals surface area contributed by atoms with E-state index in [2.05, 4.69) is 15.6 Å². The fourth-order valence-electron chi connectivity index (χ4n) is 5.24. The predicted octanol–water partition coefficient (Wildman–Crippen LogP) is 5.68. The maximum atomic E-state index is 14.4. The summed E-state index contributed by atoms with van der Waals surface area (Å²) in [4.78, 5) is 36.7. The van der Waals surface area contributed by atoms with E-state index in [0.29, 0.717) is 71.1 Å². The van der Waals surface area contributed by atoms with Gasteiger partial charge < -0.3 is 21.5 Å². The zero-order valence-corrected chi connectivity index (χ0v) is 24.9. The highest BCUT2D eigenvalue weighted by Gasteiger charge is 2.19. The molecule has 1 amide bonds. The number of nitrogens with one attached hydrogen (secondary N) is 2. The van der Waals surface area contributed by atoms with Crippen molar-refractivity contribution in [1.82, 2.24) is 24.8 Å². The van der Waals surface area contributed by atoms with Gasteiger partial charge in [0.25, 0.3) is 0 Å². The van der Waals surface area contributed by atoms with Gasteiger partial charge in [-0.25, -0.2) is 19.3 Å². The molecule has 0 bridgehead atoms. The molecule has 0 atom stereocenters. The molecule has 0 aliphatic heterocycles. The van der Waals surface area contributed by atoms with Crippen LogP contribution in [0.1, 0.15) is 28.4 Å². The molecule has 6 aromatic rings. The number of imidazole rings is 1. The summed E-state index contributed by atoms with van der Waals surface area (Å²) in [5.74, 6) is -0.619. The fourth-order valence-corrected chi connectivity index (χ4v) is 5.24. The Bertz CT molecular complexity index is 2080. The molecule has 0 aliphatic carbocycles. The molecule has 3 aromatic heterocycles. The molecule has 3 aromatic carbocycles. The number of benzene rings is 3. The molecule has 0 spiro atoms. The zero-order valence-electron chi connectivity index (χ0n) is 24.9. The van der Waals surface area contributed by atoms with Crippen molar-refractivity contribution in [3.63, 3.8) is 0 Å². The smallest absolute Gasteiger partial charge is 0.221 e. The Balaban J connectivity index is 1.29. The predicted molar refractivity (Wildman–Crippen MR) is 175 cm³/mol. The van der Waals surface area contributed by atoms with E-state index in [1.807, 2.05) is 71.3 Å². The van der Waals surface area contributed by atoms with E-state index in [4.69, 9.17) is 15.7 Å². The lowest BCUT2D eigenvalue weighted by Gasteiger charge is -2.12. The first-order valence-corrected chi connectivity index (χ1v) is 14.6. The van der Waals surface area contributed by atoms with Crippen molar-refractivity contribution in [3.8, 4) is 34.1 Å². The number of hydrogen-bond acceptors (Lipinski definition) is 8. The first-order valence-electron chi connectivity index (χ1n) is 14.6. The Morgan fingerprint density at radius 1 is 1.02 bits per heavy atom. The van der Waals surface area contributed by atoms with Crippen LogP contribution in [0.5, 0.6) is 5.75 Å². The highest BCUT2D eigenvalue weighted by Crippen LogP contribution is 2.32. The summed E-state index contributed by atoms with van der Waals surface area (Å²) in [6.07, 6.45) is 2.40. The molecule has 3 heterocycles. The molecule has 46 heavy (non-hydrogen) atoms. The number of carbonyl (C=O) groups excluding carboxylic acids is 2. The maximum absolute atomic E-state index is 14.4. The highest BCUT2D eigenvalue weighted by molar-refractivity contribution is 5.90. The molecule has 0 unspecified atom stereocenters. The Morgan fingerprint density at radius 2 is 1.85 bits per heavy atom. The van der Waals surface area contributed by atoms with Crippen molar-refractivity contribution in [3.05, 3.63) is 114 Å². The fraction of sp³-hybridized carbons (Fsp3) is 0.114. The van der Waals surface area contributed by atoms with Gasteiger partial charge in [-0.1, -0.05) is 30.3 Å². The number of carbonyl (C=O) groups is 2. The van der Waals surface area contributed by atoms with Crippen LogP contribution in [0.2, 0.25) is 0 Å². The number of halogens is 1. The van der Waals surface area contributed by atoms with Crippen molar-refractivity contribution >= 4 is 34.9 Å². The number of hydrogen-bond donors (Lipinski definition) is 4. The molecule has 10 nitrogen and oxygen atoms in total. The number of nitrogen functional groups attached to an aromatic ring is 1. The normalized spacial score (nSPS) is 11.1. The number of rotatable bonds is 10. The lowest BCUT2D eigenvalue weighted by molar-refractivity contribution is -0.114. The number of aromatic nitrogens is 4. The highest BCUT2D eigenvalue weighted by atomic mass is 19.1. The van der Waals surface area contributed by atoms with Gasteiger partial charge in [-0.05, 0) is 78.7 Å². The lowest BCUT2D eigenvalue weighted by atomic mass is 10.1. The van der Waals surface area contributed by atoms with Gasteiger partial charge in [-0.3, -0.25) is 14.2 Å². The molecule has 0 saturated carbocycles. The second-order valence-corrected chi connectivity index (χ2v) is 10.7. The Morgan fingerprint density at radius 3 is 2.61 bits per heavy atom. The number of nitrogens with zero attached hydrogens (tertiary/aromatic N) is 4. The number of nitrogens with two attached hydrogens (primary N) is 1. The van der Waals surface area contributed by atoms with Crippen LogP contribution in [0.15, 0.2) is 91.1 Å². The maximum Gasteiger partial charge on any atom is 0.221 e. The van der Waals surface area contributed by atoms with Crippen molar-refractivity contribution in [1.29, 1.82) is 0 Å². The summed E-state index contributed by atoms with van der Waals surface area (Å²) in [5, 5.41) is 16.0. The first-order chi connectivity index (χ1) is 22.3. The lowest BCUT2D eigenvalue weighted by Crippen LogP contribution is -2.17. The van der Waals surface area contributed by atoms with E-state index in [-0.39, 0.29) is 11.5 Å². The standard InChI is InChI=1S/C35H30FN7O3/c1-21(45)40-26-5-2-4-24(18-26)29-13-14-30-35(41-29)43(34(42-30)28-6-3-16-39-33(28)37)27-11-7-22(8-12-27)19-38-17-15-23-9-10-25(20-44)32(46)31(23)36/h2-14,16,18,20,38,46H,15,17,19H2,1H3,(H2,37,39)(H,40,45). The number of amides is 1. The van der Waals surface area contributed by atoms with Gasteiger partial charge in [0.2, 0.25) is 5.91 Å². The summed E-state index contributed by atoms with van der Waals surface area (Å²) in [7, 11) is 0. The van der Waals surface area contributed by atoms with E-state index in [9.17, 15) is 19.1 Å². The third-order valence-corrected chi connectivity index (χ3v) is 7.51. The minimum Gasteiger partial charge on any atom is -0.504 e. The van der Waals surface area contributed by atoms with E-state index in [1.54, 1.807) is 12.3 Å². The number of pyridine rings is 2. The quantitative estimate of drug-likeness (QED) is 0.114. The van der Waals surface area contributed by atoms with Crippen LogP contribution in [0.25, 0.3) is 39.5 Å². The molecule has 0 aliphatic rings. The largest absolute Gasteiger partial charge is 0.504 e. The van der Waals surface area contributed by atoms with Crippen LogP contribution >= 0.6 is 0 Å².